The smallest absolute Gasteiger partial charge is 0.335 e. The molecule has 1 N–H and O–H groups in total. The summed E-state index contributed by atoms with van der Waals surface area (Å²) in [5.74, 6) is -0.429. The fourth-order valence-corrected chi connectivity index (χ4v) is 3.36. The lowest BCUT2D eigenvalue weighted by Gasteiger charge is -2.08. The van der Waals surface area contributed by atoms with Gasteiger partial charge in [-0.25, -0.2) is 4.79 Å². The van der Waals surface area contributed by atoms with Crippen molar-refractivity contribution in [2.24, 2.45) is 0 Å². The van der Waals surface area contributed by atoms with Gasteiger partial charge in [0.15, 0.2) is 0 Å². The topological polar surface area (TPSA) is 63.6 Å². The SMILES string of the molecule is O=C(O)c1cccc(S(=O)CCCC2CCCO2)c1. The van der Waals surface area contributed by atoms with Crippen LogP contribution in [0.15, 0.2) is 29.2 Å². The Balaban J connectivity index is 1.85. The van der Waals surface area contributed by atoms with Crippen LogP contribution in [0, 0.1) is 0 Å². The summed E-state index contributed by atoms with van der Waals surface area (Å²) < 4.78 is 17.6. The number of carbonyl (C=O) groups is 1. The first-order chi connectivity index (χ1) is 9.16. The quantitative estimate of drug-likeness (QED) is 0.870. The van der Waals surface area contributed by atoms with Gasteiger partial charge in [0.05, 0.1) is 22.5 Å². The average molecular weight is 282 g/mol. The third-order valence-corrected chi connectivity index (χ3v) is 4.66. The number of carboxylic acids is 1. The third-order valence-electron chi connectivity index (χ3n) is 3.22. The van der Waals surface area contributed by atoms with Crippen molar-refractivity contribution < 1.29 is 18.8 Å². The standard InChI is InChI=1S/C14H18O4S/c15-14(16)11-4-1-7-13(10-11)19(17)9-3-6-12-5-2-8-18-12/h1,4,7,10,12H,2-3,5-6,8-9H2,(H,15,16). The van der Waals surface area contributed by atoms with Gasteiger partial charge in [0.25, 0.3) is 0 Å². The van der Waals surface area contributed by atoms with Crippen LogP contribution in [0.25, 0.3) is 0 Å². The van der Waals surface area contributed by atoms with Gasteiger partial charge in [-0.05, 0) is 43.9 Å². The predicted octanol–water partition coefficient (Wildman–Crippen LogP) is 2.45. The largest absolute Gasteiger partial charge is 0.478 e. The number of hydrogen-bond donors (Lipinski definition) is 1. The molecule has 0 radical (unpaired) electrons. The van der Waals surface area contributed by atoms with Crippen molar-refractivity contribution in [3.05, 3.63) is 29.8 Å². The van der Waals surface area contributed by atoms with Crippen LogP contribution in [0.2, 0.25) is 0 Å². The van der Waals surface area contributed by atoms with Gasteiger partial charge in [0, 0.05) is 17.3 Å². The monoisotopic (exact) mass is 282 g/mol. The van der Waals surface area contributed by atoms with Crippen LogP contribution in [0.5, 0.6) is 0 Å². The van der Waals surface area contributed by atoms with Crippen LogP contribution >= 0.6 is 0 Å². The molecular weight excluding hydrogens is 264 g/mol. The maximum atomic E-state index is 12.1. The Morgan fingerprint density at radius 3 is 3.00 bits per heavy atom. The van der Waals surface area contributed by atoms with Gasteiger partial charge >= 0.3 is 5.97 Å². The first-order valence-corrected chi connectivity index (χ1v) is 7.82. The van der Waals surface area contributed by atoms with E-state index in [9.17, 15) is 9.00 Å². The van der Waals surface area contributed by atoms with Crippen LogP contribution in [0.3, 0.4) is 0 Å². The first kappa shape index (κ1) is 14.2. The van der Waals surface area contributed by atoms with Crippen LogP contribution in [0.1, 0.15) is 36.0 Å². The number of ether oxygens (including phenoxy) is 1. The molecule has 1 saturated heterocycles. The molecule has 1 fully saturated rings. The van der Waals surface area contributed by atoms with Crippen LogP contribution in [0.4, 0.5) is 0 Å². The molecule has 19 heavy (non-hydrogen) atoms. The zero-order valence-corrected chi connectivity index (χ0v) is 11.5. The number of rotatable bonds is 6. The Bertz CT molecular complexity index is 466. The fourth-order valence-electron chi connectivity index (χ4n) is 2.20. The molecule has 2 unspecified atom stereocenters. The second-order valence-electron chi connectivity index (χ2n) is 4.66. The van der Waals surface area contributed by atoms with E-state index in [-0.39, 0.29) is 5.56 Å². The van der Waals surface area contributed by atoms with E-state index in [1.807, 2.05) is 0 Å². The molecule has 0 amide bonds. The van der Waals surface area contributed by atoms with E-state index in [4.69, 9.17) is 9.84 Å². The van der Waals surface area contributed by atoms with E-state index in [1.165, 1.54) is 12.1 Å². The average Bonchev–Trinajstić information content (AvgIpc) is 2.92. The molecule has 104 valence electrons. The molecule has 2 rings (SSSR count). The summed E-state index contributed by atoms with van der Waals surface area (Å²) >= 11 is 0. The van der Waals surface area contributed by atoms with Crippen molar-refractivity contribution in [1.29, 1.82) is 0 Å². The van der Waals surface area contributed by atoms with E-state index >= 15 is 0 Å². The second kappa shape index (κ2) is 6.82. The zero-order valence-electron chi connectivity index (χ0n) is 10.7. The third kappa shape index (κ3) is 4.14. The van der Waals surface area contributed by atoms with Crippen LogP contribution in [-0.4, -0.2) is 33.7 Å². The minimum absolute atomic E-state index is 0.185. The highest BCUT2D eigenvalue weighted by atomic mass is 32.2. The molecule has 0 bridgehead atoms. The highest BCUT2D eigenvalue weighted by Gasteiger charge is 2.15. The highest BCUT2D eigenvalue weighted by Crippen LogP contribution is 2.18. The molecule has 0 saturated carbocycles. The Hall–Kier alpha value is -1.20. The molecule has 0 aromatic heterocycles. The molecule has 0 spiro atoms. The fraction of sp³-hybridized carbons (Fsp3) is 0.500. The van der Waals surface area contributed by atoms with E-state index in [2.05, 4.69) is 0 Å². The van der Waals surface area contributed by atoms with Crippen molar-refractivity contribution >= 4 is 16.8 Å². The van der Waals surface area contributed by atoms with Crippen molar-refractivity contribution in [2.45, 2.75) is 36.7 Å². The van der Waals surface area contributed by atoms with Crippen molar-refractivity contribution in [2.75, 3.05) is 12.4 Å². The maximum Gasteiger partial charge on any atom is 0.335 e. The van der Waals surface area contributed by atoms with Crippen LogP contribution in [-0.2, 0) is 15.5 Å². The van der Waals surface area contributed by atoms with Gasteiger partial charge in [-0.15, -0.1) is 0 Å². The van der Waals surface area contributed by atoms with Crippen molar-refractivity contribution in [3.63, 3.8) is 0 Å². The lowest BCUT2D eigenvalue weighted by atomic mass is 10.1. The normalized spacial score (nSPS) is 20.3. The molecule has 4 nitrogen and oxygen atoms in total. The highest BCUT2D eigenvalue weighted by molar-refractivity contribution is 7.85. The summed E-state index contributed by atoms with van der Waals surface area (Å²) in [4.78, 5) is 11.4. The molecule has 1 aromatic carbocycles. The first-order valence-electron chi connectivity index (χ1n) is 6.50. The molecule has 1 aliphatic rings. The number of hydrogen-bond acceptors (Lipinski definition) is 3. The van der Waals surface area contributed by atoms with E-state index < -0.39 is 16.8 Å². The van der Waals surface area contributed by atoms with Crippen LogP contribution < -0.4 is 0 Å². The number of carboxylic acid groups (broad SMARTS) is 1. The Morgan fingerprint density at radius 1 is 1.47 bits per heavy atom. The summed E-state index contributed by atoms with van der Waals surface area (Å²) in [5, 5.41) is 8.90. The maximum absolute atomic E-state index is 12.1. The lowest BCUT2D eigenvalue weighted by Crippen LogP contribution is -2.08. The molecule has 0 aliphatic carbocycles. The molecule has 1 aliphatic heterocycles. The summed E-state index contributed by atoms with van der Waals surface area (Å²) in [6.45, 7) is 0.842. The Morgan fingerprint density at radius 2 is 2.32 bits per heavy atom. The minimum Gasteiger partial charge on any atom is -0.478 e. The summed E-state index contributed by atoms with van der Waals surface area (Å²) in [5.41, 5.74) is 0.185. The molecule has 5 heteroatoms. The Labute approximate surface area is 115 Å². The number of benzene rings is 1. The van der Waals surface area contributed by atoms with Crippen molar-refractivity contribution in [1.82, 2.24) is 0 Å². The van der Waals surface area contributed by atoms with Gasteiger partial charge in [-0.1, -0.05) is 6.07 Å². The molecule has 2 atom stereocenters. The zero-order chi connectivity index (χ0) is 13.7. The summed E-state index contributed by atoms with van der Waals surface area (Å²) in [6, 6.07) is 6.35. The molecule has 1 heterocycles. The molecular formula is C14H18O4S. The predicted molar refractivity (Wildman–Crippen MR) is 72.9 cm³/mol. The molecule has 1 aromatic rings. The van der Waals surface area contributed by atoms with Crippen molar-refractivity contribution in [3.8, 4) is 0 Å². The van der Waals surface area contributed by atoms with Gasteiger partial charge in [-0.2, -0.15) is 0 Å². The van der Waals surface area contributed by atoms with E-state index in [0.29, 0.717) is 16.8 Å². The summed E-state index contributed by atoms with van der Waals surface area (Å²) in [6.07, 6.45) is 4.32. The van der Waals surface area contributed by atoms with Gasteiger partial charge < -0.3 is 9.84 Å². The van der Waals surface area contributed by atoms with E-state index in [1.54, 1.807) is 12.1 Å². The lowest BCUT2D eigenvalue weighted by molar-refractivity contribution is 0.0696. The van der Waals surface area contributed by atoms with Gasteiger partial charge in [-0.3, -0.25) is 4.21 Å². The van der Waals surface area contributed by atoms with Gasteiger partial charge in [0.2, 0.25) is 0 Å². The Kier molecular flexibility index (Phi) is 5.10. The number of aromatic carboxylic acids is 1. The summed E-state index contributed by atoms with van der Waals surface area (Å²) in [7, 11) is -1.13. The van der Waals surface area contributed by atoms with Gasteiger partial charge in [0.1, 0.15) is 0 Å². The minimum atomic E-state index is -1.13. The second-order valence-corrected chi connectivity index (χ2v) is 6.23. The van der Waals surface area contributed by atoms with E-state index in [0.717, 1.165) is 32.3 Å².